The van der Waals surface area contributed by atoms with Crippen LogP contribution in [0, 0.1) is 0 Å². The van der Waals surface area contributed by atoms with Gasteiger partial charge in [-0.1, -0.05) is 30.3 Å². The molecule has 1 atom stereocenters. The summed E-state index contributed by atoms with van der Waals surface area (Å²) in [6.07, 6.45) is 1.88. The summed E-state index contributed by atoms with van der Waals surface area (Å²) in [4.78, 5) is 4.50. The van der Waals surface area contributed by atoms with E-state index in [0.29, 0.717) is 5.70 Å². The summed E-state index contributed by atoms with van der Waals surface area (Å²) in [6, 6.07) is 9.76. The molecule has 96 valence electrons. The predicted octanol–water partition coefficient (Wildman–Crippen LogP) is 2.27. The first-order valence-corrected chi connectivity index (χ1v) is 6.91. The highest BCUT2D eigenvalue weighted by atomic mass is 32.2. The van der Waals surface area contributed by atoms with E-state index in [0.717, 1.165) is 16.4 Å². The molecule has 0 bridgehead atoms. The summed E-state index contributed by atoms with van der Waals surface area (Å²) >= 11 is 1.63. The molecule has 1 aliphatic heterocycles. The maximum absolute atomic E-state index is 9.91. The van der Waals surface area contributed by atoms with Crippen molar-refractivity contribution in [3.05, 3.63) is 42.0 Å². The van der Waals surface area contributed by atoms with Crippen molar-refractivity contribution in [1.29, 1.82) is 0 Å². The molecule has 1 aromatic carbocycles. The Bertz CT molecular complexity index is 474. The molecule has 2 rings (SSSR count). The van der Waals surface area contributed by atoms with Crippen LogP contribution in [0.1, 0.15) is 19.4 Å². The Balaban J connectivity index is 2.15. The third-order valence-electron chi connectivity index (χ3n) is 2.87. The minimum Gasteiger partial charge on any atom is -0.398 e. The molecule has 1 aromatic rings. The lowest BCUT2D eigenvalue weighted by molar-refractivity contribution is 0.0614. The molecule has 0 aromatic heterocycles. The molecule has 1 aliphatic rings. The van der Waals surface area contributed by atoms with Crippen LogP contribution in [0.5, 0.6) is 0 Å². The first-order valence-electron chi connectivity index (χ1n) is 5.92. The zero-order valence-corrected chi connectivity index (χ0v) is 11.4. The average Bonchev–Trinajstić information content (AvgIpc) is 2.78. The van der Waals surface area contributed by atoms with Crippen LogP contribution in [0.2, 0.25) is 0 Å². The first kappa shape index (κ1) is 13.2. The third-order valence-corrected chi connectivity index (χ3v) is 3.88. The molecule has 0 aliphatic carbocycles. The summed E-state index contributed by atoms with van der Waals surface area (Å²) in [7, 11) is 0. The lowest BCUT2D eigenvalue weighted by atomic mass is 10.0. The van der Waals surface area contributed by atoms with Crippen molar-refractivity contribution >= 4 is 22.5 Å². The number of benzene rings is 1. The van der Waals surface area contributed by atoms with E-state index in [2.05, 4.69) is 4.99 Å². The Morgan fingerprint density at radius 3 is 2.67 bits per heavy atom. The molecule has 3 nitrogen and oxygen atoms in total. The number of hydrogen-bond acceptors (Lipinski definition) is 4. The second-order valence-corrected chi connectivity index (χ2v) is 5.95. The lowest BCUT2D eigenvalue weighted by Gasteiger charge is -2.21. The summed E-state index contributed by atoms with van der Waals surface area (Å²) in [5.41, 5.74) is 6.96. The fourth-order valence-electron chi connectivity index (χ4n) is 1.68. The van der Waals surface area contributed by atoms with Crippen LogP contribution in [0.15, 0.2) is 41.4 Å². The molecule has 1 heterocycles. The van der Waals surface area contributed by atoms with Crippen molar-refractivity contribution in [3.8, 4) is 0 Å². The maximum atomic E-state index is 9.91. The van der Waals surface area contributed by atoms with Gasteiger partial charge in [0.25, 0.3) is 0 Å². The second kappa shape index (κ2) is 5.16. The molecule has 0 radical (unpaired) electrons. The van der Waals surface area contributed by atoms with E-state index < -0.39 is 5.60 Å². The minimum absolute atomic E-state index is 0.0580. The van der Waals surface area contributed by atoms with Gasteiger partial charge in [-0.25, -0.2) is 0 Å². The van der Waals surface area contributed by atoms with Crippen molar-refractivity contribution < 1.29 is 5.11 Å². The molecule has 0 saturated heterocycles. The van der Waals surface area contributed by atoms with Crippen LogP contribution < -0.4 is 5.73 Å². The lowest BCUT2D eigenvalue weighted by Crippen LogP contribution is -2.34. The van der Waals surface area contributed by atoms with E-state index in [9.17, 15) is 5.11 Å². The van der Waals surface area contributed by atoms with Crippen molar-refractivity contribution in [2.75, 3.05) is 5.75 Å². The van der Waals surface area contributed by atoms with Gasteiger partial charge in [0.1, 0.15) is 0 Å². The molecule has 0 fully saturated rings. The number of aliphatic imine (C=N–C) groups is 1. The zero-order chi connectivity index (χ0) is 13.2. The van der Waals surface area contributed by atoms with Gasteiger partial charge in [0, 0.05) is 11.4 Å². The van der Waals surface area contributed by atoms with Crippen LogP contribution in [0.4, 0.5) is 0 Å². The summed E-state index contributed by atoms with van der Waals surface area (Å²) in [5, 5.41) is 10.8. The highest BCUT2D eigenvalue weighted by Crippen LogP contribution is 2.27. The highest BCUT2D eigenvalue weighted by molar-refractivity contribution is 8.14. The largest absolute Gasteiger partial charge is 0.398 e. The zero-order valence-electron chi connectivity index (χ0n) is 10.6. The van der Waals surface area contributed by atoms with E-state index in [-0.39, 0.29) is 6.04 Å². The van der Waals surface area contributed by atoms with E-state index in [1.807, 2.05) is 36.4 Å². The molecule has 18 heavy (non-hydrogen) atoms. The monoisotopic (exact) mass is 262 g/mol. The molecular weight excluding hydrogens is 244 g/mol. The number of hydrogen-bond donors (Lipinski definition) is 2. The van der Waals surface area contributed by atoms with Gasteiger partial charge in [0.2, 0.25) is 0 Å². The SMILES string of the molecule is CC(C)(O)[C@H]1CSC(C=C(N)c2ccccc2)=N1. The van der Waals surface area contributed by atoms with Crippen molar-refractivity contribution in [3.63, 3.8) is 0 Å². The van der Waals surface area contributed by atoms with E-state index >= 15 is 0 Å². The fraction of sp³-hybridized carbons (Fsp3) is 0.357. The molecule has 4 heteroatoms. The van der Waals surface area contributed by atoms with E-state index in [1.54, 1.807) is 25.6 Å². The number of thioether (sulfide) groups is 1. The molecule has 0 unspecified atom stereocenters. The number of aliphatic hydroxyl groups is 1. The molecular formula is C14H18N2OS. The predicted molar refractivity (Wildman–Crippen MR) is 78.6 cm³/mol. The van der Waals surface area contributed by atoms with Gasteiger partial charge in [-0.15, -0.1) is 11.8 Å². The van der Waals surface area contributed by atoms with E-state index in [4.69, 9.17) is 5.73 Å². The number of rotatable bonds is 3. The van der Waals surface area contributed by atoms with Gasteiger partial charge in [-0.3, -0.25) is 4.99 Å². The normalized spacial score (nSPS) is 20.9. The standard InChI is InChI=1S/C14H18N2OS/c1-14(2,17)12-9-18-13(16-12)8-11(15)10-6-4-3-5-7-10/h3-8,12,17H,9,15H2,1-2H3/t12-/m1/s1. The van der Waals surface area contributed by atoms with E-state index in [1.165, 1.54) is 0 Å². The van der Waals surface area contributed by atoms with Gasteiger partial charge in [-0.05, 0) is 25.5 Å². The van der Waals surface area contributed by atoms with Crippen molar-refractivity contribution in [2.24, 2.45) is 10.7 Å². The Morgan fingerprint density at radius 2 is 2.11 bits per heavy atom. The van der Waals surface area contributed by atoms with Crippen LogP contribution >= 0.6 is 11.8 Å². The van der Waals surface area contributed by atoms with Gasteiger partial charge in [-0.2, -0.15) is 0 Å². The quantitative estimate of drug-likeness (QED) is 0.878. The topological polar surface area (TPSA) is 58.6 Å². The van der Waals surface area contributed by atoms with Gasteiger partial charge in [0.15, 0.2) is 0 Å². The third kappa shape index (κ3) is 3.15. The van der Waals surface area contributed by atoms with Crippen LogP contribution in [0.25, 0.3) is 5.70 Å². The van der Waals surface area contributed by atoms with Gasteiger partial charge in [0.05, 0.1) is 16.7 Å². The van der Waals surface area contributed by atoms with Gasteiger partial charge >= 0.3 is 0 Å². The fourth-order valence-corrected chi connectivity index (χ4v) is 2.90. The minimum atomic E-state index is -0.774. The molecule has 0 amide bonds. The van der Waals surface area contributed by atoms with Gasteiger partial charge < -0.3 is 10.8 Å². The second-order valence-electron chi connectivity index (χ2n) is 4.91. The summed E-state index contributed by atoms with van der Waals surface area (Å²) < 4.78 is 0. The van der Waals surface area contributed by atoms with Crippen molar-refractivity contribution in [2.45, 2.75) is 25.5 Å². The Hall–Kier alpha value is -1.26. The Kier molecular flexibility index (Phi) is 3.78. The van der Waals surface area contributed by atoms with Crippen molar-refractivity contribution in [1.82, 2.24) is 0 Å². The Labute approximate surface area is 112 Å². The number of nitrogens with zero attached hydrogens (tertiary/aromatic N) is 1. The molecule has 3 N–H and O–H groups in total. The van der Waals surface area contributed by atoms with Crippen LogP contribution in [-0.4, -0.2) is 27.5 Å². The maximum Gasteiger partial charge on any atom is 0.0930 e. The summed E-state index contributed by atoms with van der Waals surface area (Å²) in [6.45, 7) is 3.57. The van der Waals surface area contributed by atoms with Crippen LogP contribution in [0.3, 0.4) is 0 Å². The Morgan fingerprint density at radius 1 is 1.44 bits per heavy atom. The molecule has 0 saturated carbocycles. The highest BCUT2D eigenvalue weighted by Gasteiger charge is 2.30. The average molecular weight is 262 g/mol. The summed E-state index contributed by atoms with van der Waals surface area (Å²) in [5.74, 6) is 0.803. The smallest absolute Gasteiger partial charge is 0.0930 e. The molecule has 0 spiro atoms. The first-order chi connectivity index (χ1) is 8.47. The van der Waals surface area contributed by atoms with Crippen LogP contribution in [-0.2, 0) is 0 Å². The number of nitrogens with two attached hydrogens (primary N) is 1.